The van der Waals surface area contributed by atoms with Crippen molar-refractivity contribution < 1.29 is 14.3 Å². The highest BCUT2D eigenvalue weighted by Gasteiger charge is 2.32. The molecule has 2 N–H and O–H groups in total. The first-order valence-electron chi connectivity index (χ1n) is 6.11. The summed E-state index contributed by atoms with van der Waals surface area (Å²) in [4.78, 5) is 23.6. The van der Waals surface area contributed by atoms with E-state index < -0.39 is 12.0 Å². The summed E-state index contributed by atoms with van der Waals surface area (Å²) in [5, 5.41) is 5.41. The van der Waals surface area contributed by atoms with Crippen molar-refractivity contribution in [3.05, 3.63) is 47.2 Å². The van der Waals surface area contributed by atoms with Crippen molar-refractivity contribution in [2.45, 2.75) is 19.4 Å². The first kappa shape index (κ1) is 13.1. The maximum absolute atomic E-state index is 12.0. The zero-order valence-electron chi connectivity index (χ0n) is 10.9. The van der Waals surface area contributed by atoms with Gasteiger partial charge in [-0.2, -0.15) is 0 Å². The Hall–Kier alpha value is -2.30. The van der Waals surface area contributed by atoms with Gasteiger partial charge in [0.15, 0.2) is 0 Å². The van der Waals surface area contributed by atoms with E-state index in [-0.39, 0.29) is 6.03 Å². The third kappa shape index (κ3) is 2.59. The Morgan fingerprint density at radius 3 is 2.58 bits per heavy atom. The number of urea groups is 1. The molecule has 1 heterocycles. The van der Waals surface area contributed by atoms with Crippen LogP contribution in [-0.2, 0) is 9.53 Å². The molecule has 2 rings (SSSR count). The lowest BCUT2D eigenvalue weighted by Crippen LogP contribution is -2.45. The van der Waals surface area contributed by atoms with E-state index in [1.807, 2.05) is 37.3 Å². The molecule has 0 saturated carbocycles. The largest absolute Gasteiger partial charge is 0.466 e. The summed E-state index contributed by atoms with van der Waals surface area (Å²) >= 11 is 0. The van der Waals surface area contributed by atoms with Crippen LogP contribution in [0.25, 0.3) is 0 Å². The van der Waals surface area contributed by atoms with Crippen molar-refractivity contribution in [1.29, 1.82) is 0 Å². The summed E-state index contributed by atoms with van der Waals surface area (Å²) in [5.41, 5.74) is 1.91. The van der Waals surface area contributed by atoms with Gasteiger partial charge in [0, 0.05) is 5.70 Å². The lowest BCUT2D eigenvalue weighted by molar-refractivity contribution is -0.136. The minimum Gasteiger partial charge on any atom is -0.466 e. The van der Waals surface area contributed by atoms with Crippen molar-refractivity contribution >= 4 is 12.0 Å². The van der Waals surface area contributed by atoms with Gasteiger partial charge >= 0.3 is 12.0 Å². The molecule has 1 atom stereocenters. The number of benzene rings is 1. The highest BCUT2D eigenvalue weighted by Crippen LogP contribution is 2.28. The first-order chi connectivity index (χ1) is 9.17. The van der Waals surface area contributed by atoms with E-state index in [1.54, 1.807) is 0 Å². The maximum Gasteiger partial charge on any atom is 0.337 e. The first-order valence-corrected chi connectivity index (χ1v) is 6.11. The second kappa shape index (κ2) is 5.56. The van der Waals surface area contributed by atoms with Gasteiger partial charge < -0.3 is 15.4 Å². The van der Waals surface area contributed by atoms with Crippen molar-refractivity contribution in [2.24, 2.45) is 0 Å². The van der Waals surface area contributed by atoms with Crippen LogP contribution in [0.5, 0.6) is 0 Å². The van der Waals surface area contributed by atoms with Gasteiger partial charge in [-0.1, -0.05) is 37.3 Å². The highest BCUT2D eigenvalue weighted by atomic mass is 16.5. The summed E-state index contributed by atoms with van der Waals surface area (Å²) in [7, 11) is 1.33. The van der Waals surface area contributed by atoms with Gasteiger partial charge in [0.25, 0.3) is 0 Å². The number of nitrogens with one attached hydrogen (secondary N) is 2. The smallest absolute Gasteiger partial charge is 0.337 e. The molecule has 0 saturated heterocycles. The lowest BCUT2D eigenvalue weighted by Gasteiger charge is -2.28. The molecule has 5 nitrogen and oxygen atoms in total. The maximum atomic E-state index is 12.0. The van der Waals surface area contributed by atoms with E-state index in [0.717, 1.165) is 5.56 Å². The van der Waals surface area contributed by atoms with Crippen LogP contribution in [0.3, 0.4) is 0 Å². The van der Waals surface area contributed by atoms with Gasteiger partial charge in [0.05, 0.1) is 18.7 Å². The van der Waals surface area contributed by atoms with Crippen molar-refractivity contribution in [2.75, 3.05) is 7.11 Å². The Balaban J connectivity index is 2.50. The van der Waals surface area contributed by atoms with Crippen LogP contribution in [0, 0.1) is 0 Å². The minimum atomic E-state index is -0.475. The monoisotopic (exact) mass is 260 g/mol. The molecule has 100 valence electrons. The van der Waals surface area contributed by atoms with E-state index in [0.29, 0.717) is 17.7 Å². The second-order valence-corrected chi connectivity index (χ2v) is 4.18. The molecule has 5 heteroatoms. The number of rotatable bonds is 3. The van der Waals surface area contributed by atoms with Gasteiger partial charge in [-0.25, -0.2) is 9.59 Å². The number of hydrogen-bond donors (Lipinski definition) is 2. The summed E-state index contributed by atoms with van der Waals surface area (Å²) in [6, 6.07) is 8.57. The molecule has 0 radical (unpaired) electrons. The predicted octanol–water partition coefficient (Wildman–Crippen LogP) is 1.88. The quantitative estimate of drug-likeness (QED) is 0.815. The molecular formula is C14H16N2O3. The van der Waals surface area contributed by atoms with Crippen LogP contribution in [0.15, 0.2) is 41.6 Å². The third-order valence-electron chi connectivity index (χ3n) is 3.05. The molecular weight excluding hydrogens is 244 g/mol. The van der Waals surface area contributed by atoms with E-state index in [9.17, 15) is 9.59 Å². The minimum absolute atomic E-state index is 0.307. The molecule has 2 amide bonds. The van der Waals surface area contributed by atoms with Crippen LogP contribution in [0.1, 0.15) is 24.9 Å². The van der Waals surface area contributed by atoms with Crippen LogP contribution >= 0.6 is 0 Å². The molecule has 0 fully saturated rings. The Labute approximate surface area is 111 Å². The molecule has 1 unspecified atom stereocenters. The number of methoxy groups -OCH3 is 1. The fourth-order valence-corrected chi connectivity index (χ4v) is 2.14. The van der Waals surface area contributed by atoms with E-state index >= 15 is 0 Å². The Bertz CT molecular complexity index is 523. The van der Waals surface area contributed by atoms with E-state index in [4.69, 9.17) is 4.74 Å². The molecule has 19 heavy (non-hydrogen) atoms. The number of esters is 1. The van der Waals surface area contributed by atoms with Crippen molar-refractivity contribution in [3.63, 3.8) is 0 Å². The molecule has 0 aliphatic carbocycles. The summed E-state index contributed by atoms with van der Waals surface area (Å²) in [5.74, 6) is -0.432. The molecule has 1 aromatic carbocycles. The summed E-state index contributed by atoms with van der Waals surface area (Å²) < 4.78 is 4.82. The van der Waals surface area contributed by atoms with Gasteiger partial charge in [0.2, 0.25) is 0 Å². The average molecular weight is 260 g/mol. The molecule has 0 bridgehead atoms. The molecule has 1 aliphatic heterocycles. The Kier molecular flexibility index (Phi) is 3.85. The Morgan fingerprint density at radius 2 is 2.00 bits per heavy atom. The van der Waals surface area contributed by atoms with E-state index in [1.165, 1.54) is 7.11 Å². The standard InChI is InChI=1S/C14H16N2O3/c1-3-10-11(13(17)19-2)12(16-14(18)15-10)9-7-5-4-6-8-9/h4-8,12H,3H2,1-2H3,(H2,15,16,18). The van der Waals surface area contributed by atoms with Crippen molar-refractivity contribution in [1.82, 2.24) is 10.6 Å². The number of carbonyl (C=O) groups excluding carboxylic acids is 2. The fourth-order valence-electron chi connectivity index (χ4n) is 2.14. The topological polar surface area (TPSA) is 67.4 Å². The zero-order valence-corrected chi connectivity index (χ0v) is 10.9. The number of amides is 2. The molecule has 1 aliphatic rings. The number of hydrogen-bond acceptors (Lipinski definition) is 3. The van der Waals surface area contributed by atoms with Crippen LogP contribution in [0.2, 0.25) is 0 Å². The van der Waals surface area contributed by atoms with Crippen LogP contribution in [-0.4, -0.2) is 19.1 Å². The Morgan fingerprint density at radius 1 is 1.32 bits per heavy atom. The van der Waals surface area contributed by atoms with Crippen LogP contribution in [0.4, 0.5) is 4.79 Å². The normalized spacial score (nSPS) is 18.6. The van der Waals surface area contributed by atoms with Crippen molar-refractivity contribution in [3.8, 4) is 0 Å². The lowest BCUT2D eigenvalue weighted by atomic mass is 9.94. The number of carbonyl (C=O) groups is 2. The molecule has 1 aromatic rings. The van der Waals surface area contributed by atoms with Gasteiger partial charge in [-0.15, -0.1) is 0 Å². The zero-order chi connectivity index (χ0) is 13.8. The predicted molar refractivity (Wildman–Crippen MR) is 70.2 cm³/mol. The van der Waals surface area contributed by atoms with Gasteiger partial charge in [0.1, 0.15) is 0 Å². The number of allylic oxidation sites excluding steroid dienone is 1. The van der Waals surface area contributed by atoms with E-state index in [2.05, 4.69) is 10.6 Å². The fraction of sp³-hybridized carbons (Fsp3) is 0.286. The second-order valence-electron chi connectivity index (χ2n) is 4.18. The van der Waals surface area contributed by atoms with Gasteiger partial charge in [-0.05, 0) is 12.0 Å². The van der Waals surface area contributed by atoms with Crippen LogP contribution < -0.4 is 10.6 Å². The van der Waals surface area contributed by atoms with Gasteiger partial charge in [-0.3, -0.25) is 0 Å². The summed E-state index contributed by atoms with van der Waals surface area (Å²) in [6.07, 6.45) is 0.557. The average Bonchev–Trinajstić information content (AvgIpc) is 2.46. The highest BCUT2D eigenvalue weighted by molar-refractivity contribution is 5.95. The summed E-state index contributed by atoms with van der Waals surface area (Å²) in [6.45, 7) is 1.88. The SMILES string of the molecule is CCC1=C(C(=O)OC)C(c2ccccc2)NC(=O)N1. The number of ether oxygens (including phenoxy) is 1. The third-order valence-corrected chi connectivity index (χ3v) is 3.05. The molecule has 0 spiro atoms. The molecule has 0 aromatic heterocycles.